The number of anilines is 1. The normalized spacial score (nSPS) is 11.7. The molecule has 1 unspecified atom stereocenters. The predicted octanol–water partition coefficient (Wildman–Crippen LogP) is 1.60. The SMILES string of the molecule is NC(=O)c1ccc(NC(=O)C(O)c2ccccc2)cc1F. The number of nitrogens with one attached hydrogen (secondary N) is 1. The van der Waals surface area contributed by atoms with Gasteiger partial charge in [-0.25, -0.2) is 4.39 Å². The molecule has 0 saturated heterocycles. The Morgan fingerprint density at radius 3 is 2.38 bits per heavy atom. The molecule has 0 fully saturated rings. The second-order valence-electron chi connectivity index (χ2n) is 4.36. The van der Waals surface area contributed by atoms with Gasteiger partial charge in [-0.15, -0.1) is 0 Å². The Morgan fingerprint density at radius 1 is 1.14 bits per heavy atom. The number of benzene rings is 2. The van der Waals surface area contributed by atoms with Crippen molar-refractivity contribution < 1.29 is 19.1 Å². The first-order valence-corrected chi connectivity index (χ1v) is 6.12. The molecule has 5 nitrogen and oxygen atoms in total. The summed E-state index contributed by atoms with van der Waals surface area (Å²) in [4.78, 5) is 22.8. The molecular weight excluding hydrogens is 275 g/mol. The minimum atomic E-state index is -1.37. The zero-order chi connectivity index (χ0) is 15.4. The van der Waals surface area contributed by atoms with Crippen LogP contribution in [0, 0.1) is 5.82 Å². The van der Waals surface area contributed by atoms with Crippen molar-refractivity contribution in [2.45, 2.75) is 6.10 Å². The molecule has 0 bridgehead atoms. The van der Waals surface area contributed by atoms with Crippen LogP contribution in [0.25, 0.3) is 0 Å². The van der Waals surface area contributed by atoms with Crippen molar-refractivity contribution in [3.8, 4) is 0 Å². The number of nitrogens with two attached hydrogens (primary N) is 1. The Labute approximate surface area is 120 Å². The molecule has 6 heteroatoms. The monoisotopic (exact) mass is 288 g/mol. The minimum absolute atomic E-state index is 0.123. The molecule has 0 spiro atoms. The fraction of sp³-hybridized carbons (Fsp3) is 0.0667. The number of carbonyl (C=O) groups excluding carboxylic acids is 2. The molecular formula is C15H13FN2O3. The van der Waals surface area contributed by atoms with Crippen LogP contribution in [-0.4, -0.2) is 16.9 Å². The number of amides is 2. The van der Waals surface area contributed by atoms with E-state index in [0.29, 0.717) is 5.56 Å². The van der Waals surface area contributed by atoms with Crippen LogP contribution in [0.2, 0.25) is 0 Å². The first-order valence-electron chi connectivity index (χ1n) is 6.12. The van der Waals surface area contributed by atoms with E-state index in [1.54, 1.807) is 30.3 Å². The van der Waals surface area contributed by atoms with Gasteiger partial charge in [0.15, 0.2) is 6.10 Å². The van der Waals surface area contributed by atoms with Crippen LogP contribution in [0.5, 0.6) is 0 Å². The number of rotatable bonds is 4. The standard InChI is InChI=1S/C15H13FN2O3/c16-12-8-10(6-7-11(12)14(17)20)18-15(21)13(19)9-4-2-1-3-5-9/h1-8,13,19H,(H2,17,20)(H,18,21). The lowest BCUT2D eigenvalue weighted by Crippen LogP contribution is -2.21. The Kier molecular flexibility index (Phi) is 4.30. The highest BCUT2D eigenvalue weighted by Gasteiger charge is 2.18. The van der Waals surface area contributed by atoms with E-state index in [1.165, 1.54) is 12.1 Å². The van der Waals surface area contributed by atoms with Crippen molar-refractivity contribution >= 4 is 17.5 Å². The molecule has 0 aliphatic heterocycles. The van der Waals surface area contributed by atoms with Crippen LogP contribution in [0.15, 0.2) is 48.5 Å². The van der Waals surface area contributed by atoms with Gasteiger partial charge in [0.05, 0.1) is 5.56 Å². The third-order valence-corrected chi connectivity index (χ3v) is 2.87. The fourth-order valence-corrected chi connectivity index (χ4v) is 1.79. The van der Waals surface area contributed by atoms with Crippen molar-refractivity contribution in [2.24, 2.45) is 5.73 Å². The van der Waals surface area contributed by atoms with Crippen LogP contribution in [0.1, 0.15) is 22.0 Å². The van der Waals surface area contributed by atoms with Crippen LogP contribution in [0.4, 0.5) is 10.1 Å². The molecule has 2 amide bonds. The minimum Gasteiger partial charge on any atom is -0.378 e. The average Bonchev–Trinajstić information content (AvgIpc) is 2.47. The van der Waals surface area contributed by atoms with E-state index in [4.69, 9.17) is 5.73 Å². The van der Waals surface area contributed by atoms with E-state index in [-0.39, 0.29) is 11.3 Å². The number of primary amides is 1. The summed E-state index contributed by atoms with van der Waals surface area (Å²) in [5.41, 5.74) is 5.26. The number of hydrogen-bond acceptors (Lipinski definition) is 3. The van der Waals surface area contributed by atoms with Crippen molar-refractivity contribution in [1.29, 1.82) is 0 Å². The quantitative estimate of drug-likeness (QED) is 0.797. The van der Waals surface area contributed by atoms with E-state index in [9.17, 15) is 19.1 Å². The smallest absolute Gasteiger partial charge is 0.257 e. The van der Waals surface area contributed by atoms with Crippen LogP contribution >= 0.6 is 0 Å². The van der Waals surface area contributed by atoms with Gasteiger partial charge in [0.25, 0.3) is 11.8 Å². The van der Waals surface area contributed by atoms with Crippen LogP contribution < -0.4 is 11.1 Å². The summed E-state index contributed by atoms with van der Waals surface area (Å²) in [5, 5.41) is 12.2. The molecule has 0 heterocycles. The maximum atomic E-state index is 13.6. The fourth-order valence-electron chi connectivity index (χ4n) is 1.79. The van der Waals surface area contributed by atoms with Gasteiger partial charge < -0.3 is 16.2 Å². The van der Waals surface area contributed by atoms with E-state index in [1.807, 2.05) is 0 Å². The molecule has 0 aliphatic rings. The van der Waals surface area contributed by atoms with Gasteiger partial charge in [0.2, 0.25) is 0 Å². The Morgan fingerprint density at radius 2 is 1.81 bits per heavy atom. The maximum absolute atomic E-state index is 13.6. The van der Waals surface area contributed by atoms with Gasteiger partial charge in [-0.2, -0.15) is 0 Å². The van der Waals surface area contributed by atoms with E-state index < -0.39 is 23.7 Å². The topological polar surface area (TPSA) is 92.4 Å². The third-order valence-electron chi connectivity index (χ3n) is 2.87. The molecule has 2 aromatic carbocycles. The predicted molar refractivity (Wildman–Crippen MR) is 74.9 cm³/mol. The number of carbonyl (C=O) groups is 2. The summed E-state index contributed by atoms with van der Waals surface area (Å²) >= 11 is 0. The molecule has 0 radical (unpaired) electrons. The highest BCUT2D eigenvalue weighted by Crippen LogP contribution is 2.18. The Bertz CT molecular complexity index is 674. The van der Waals surface area contributed by atoms with Gasteiger partial charge in [-0.3, -0.25) is 9.59 Å². The summed E-state index contributed by atoms with van der Waals surface area (Å²) < 4.78 is 13.6. The van der Waals surface area contributed by atoms with Gasteiger partial charge in [-0.1, -0.05) is 30.3 Å². The lowest BCUT2D eigenvalue weighted by molar-refractivity contribution is -0.124. The number of aliphatic hydroxyl groups excluding tert-OH is 1. The summed E-state index contributed by atoms with van der Waals surface area (Å²) in [6, 6.07) is 11.8. The first kappa shape index (κ1) is 14.7. The van der Waals surface area contributed by atoms with Crippen molar-refractivity contribution in [3.63, 3.8) is 0 Å². The molecule has 2 rings (SSSR count). The second kappa shape index (κ2) is 6.15. The van der Waals surface area contributed by atoms with Crippen LogP contribution in [-0.2, 0) is 4.79 Å². The molecule has 21 heavy (non-hydrogen) atoms. The first-order chi connectivity index (χ1) is 9.99. The molecule has 108 valence electrons. The zero-order valence-corrected chi connectivity index (χ0v) is 10.9. The molecule has 0 aromatic heterocycles. The molecule has 4 N–H and O–H groups in total. The van der Waals surface area contributed by atoms with Crippen molar-refractivity contribution in [1.82, 2.24) is 0 Å². The number of halogens is 1. The highest BCUT2D eigenvalue weighted by molar-refractivity contribution is 5.96. The molecule has 0 aliphatic carbocycles. The number of aliphatic hydroxyl groups is 1. The molecule has 0 saturated carbocycles. The maximum Gasteiger partial charge on any atom is 0.257 e. The lowest BCUT2D eigenvalue weighted by atomic mass is 10.1. The Hall–Kier alpha value is -2.73. The van der Waals surface area contributed by atoms with E-state index in [0.717, 1.165) is 6.07 Å². The number of hydrogen-bond donors (Lipinski definition) is 3. The lowest BCUT2D eigenvalue weighted by Gasteiger charge is -2.12. The van der Waals surface area contributed by atoms with Crippen molar-refractivity contribution in [3.05, 3.63) is 65.5 Å². The van der Waals surface area contributed by atoms with Gasteiger partial charge in [0.1, 0.15) is 5.82 Å². The summed E-state index contributed by atoms with van der Waals surface area (Å²) in [6.07, 6.45) is -1.37. The highest BCUT2D eigenvalue weighted by atomic mass is 19.1. The largest absolute Gasteiger partial charge is 0.378 e. The van der Waals surface area contributed by atoms with Gasteiger partial charge in [0, 0.05) is 5.69 Å². The summed E-state index contributed by atoms with van der Waals surface area (Å²) in [7, 11) is 0. The van der Waals surface area contributed by atoms with Crippen molar-refractivity contribution in [2.75, 3.05) is 5.32 Å². The third kappa shape index (κ3) is 3.43. The summed E-state index contributed by atoms with van der Waals surface area (Å²) in [5.74, 6) is -2.43. The van der Waals surface area contributed by atoms with Gasteiger partial charge in [-0.05, 0) is 23.8 Å². The van der Waals surface area contributed by atoms with E-state index in [2.05, 4.69) is 5.32 Å². The second-order valence-corrected chi connectivity index (χ2v) is 4.36. The molecule has 2 aromatic rings. The van der Waals surface area contributed by atoms with Crippen LogP contribution in [0.3, 0.4) is 0 Å². The average molecular weight is 288 g/mol. The zero-order valence-electron chi connectivity index (χ0n) is 10.9. The van der Waals surface area contributed by atoms with Gasteiger partial charge >= 0.3 is 0 Å². The molecule has 1 atom stereocenters. The Balaban J connectivity index is 2.13. The van der Waals surface area contributed by atoms with E-state index >= 15 is 0 Å². The summed E-state index contributed by atoms with van der Waals surface area (Å²) in [6.45, 7) is 0.